The lowest BCUT2D eigenvalue weighted by Gasteiger charge is -2.40. The molecule has 3 heterocycles. The minimum Gasteiger partial charge on any atom is -0.378 e. The molecule has 0 aromatic carbocycles. The summed E-state index contributed by atoms with van der Waals surface area (Å²) >= 11 is 3.36. The number of piperidine rings is 1. The average Bonchev–Trinajstić information content (AvgIpc) is 2.67. The molecule has 2 fully saturated rings. The van der Waals surface area contributed by atoms with E-state index in [-0.39, 0.29) is 12.1 Å². The van der Waals surface area contributed by atoms with Crippen molar-refractivity contribution >= 4 is 27.8 Å². The highest BCUT2D eigenvalue weighted by Gasteiger charge is 2.30. The van der Waals surface area contributed by atoms with Crippen molar-refractivity contribution < 1.29 is 9.53 Å². The van der Waals surface area contributed by atoms with E-state index in [1.54, 1.807) is 12.3 Å². The zero-order valence-corrected chi connectivity index (χ0v) is 15.9. The molecule has 134 valence electrons. The number of hydrogen-bond donors (Lipinski definition) is 0. The van der Waals surface area contributed by atoms with Crippen LogP contribution in [0.5, 0.6) is 0 Å². The second-order valence-corrected chi connectivity index (χ2v) is 7.29. The van der Waals surface area contributed by atoms with Crippen molar-refractivity contribution in [1.82, 2.24) is 14.8 Å². The van der Waals surface area contributed by atoms with Crippen LogP contribution < -0.4 is 4.90 Å². The van der Waals surface area contributed by atoms with E-state index < -0.39 is 0 Å². The molecule has 25 heavy (non-hydrogen) atoms. The summed E-state index contributed by atoms with van der Waals surface area (Å²) in [5, 5.41) is 9.39. The van der Waals surface area contributed by atoms with Gasteiger partial charge in [-0.15, -0.1) is 0 Å². The van der Waals surface area contributed by atoms with Crippen molar-refractivity contribution in [3.8, 4) is 6.07 Å². The first kappa shape index (κ1) is 18.0. The maximum absolute atomic E-state index is 12.7. The number of anilines is 1. The summed E-state index contributed by atoms with van der Waals surface area (Å²) in [5.74, 6) is 0.697. The molecule has 7 nitrogen and oxygen atoms in total. The Kier molecular flexibility index (Phi) is 5.76. The molecule has 2 amide bonds. The van der Waals surface area contributed by atoms with Gasteiger partial charge < -0.3 is 19.4 Å². The fourth-order valence-corrected chi connectivity index (χ4v) is 3.69. The normalized spacial score (nSPS) is 20.9. The number of ether oxygens (including phenoxy) is 1. The Hall–Kier alpha value is -1.85. The standard InChI is InChI=1S/C17H22BrN5O2/c1-21(17(24)22-5-7-25-8-6-22)15-3-2-4-23(12-15)16-13(10-19)9-14(18)11-20-16/h9,11,15H,2-8,12H2,1H3. The van der Waals surface area contributed by atoms with E-state index in [0.717, 1.165) is 23.9 Å². The van der Waals surface area contributed by atoms with Gasteiger partial charge in [0.05, 0.1) is 24.8 Å². The molecule has 2 aliphatic rings. The summed E-state index contributed by atoms with van der Waals surface area (Å²) in [6.07, 6.45) is 3.64. The van der Waals surface area contributed by atoms with Crippen molar-refractivity contribution in [3.05, 3.63) is 22.3 Å². The van der Waals surface area contributed by atoms with E-state index in [2.05, 4.69) is 31.9 Å². The molecule has 1 atom stereocenters. The van der Waals surface area contributed by atoms with Crippen LogP contribution >= 0.6 is 15.9 Å². The minimum atomic E-state index is 0.0550. The van der Waals surface area contributed by atoms with E-state index in [4.69, 9.17) is 4.74 Å². The number of likely N-dealkylation sites (N-methyl/N-ethyl adjacent to an activating group) is 1. The number of hydrogen-bond acceptors (Lipinski definition) is 5. The molecule has 1 aromatic rings. The Bertz CT molecular complexity index is 671. The number of carbonyl (C=O) groups is 1. The Balaban J connectivity index is 1.70. The Morgan fingerprint density at radius 2 is 2.20 bits per heavy atom. The first-order valence-electron chi connectivity index (χ1n) is 8.50. The third-order valence-electron chi connectivity index (χ3n) is 4.78. The molecular weight excluding hydrogens is 386 g/mol. The molecule has 2 aliphatic heterocycles. The van der Waals surface area contributed by atoms with Gasteiger partial charge in [0.25, 0.3) is 0 Å². The number of nitriles is 1. The molecule has 0 spiro atoms. The fourth-order valence-electron chi connectivity index (χ4n) is 3.36. The SMILES string of the molecule is CN(C(=O)N1CCOCC1)C1CCCN(c2ncc(Br)cc2C#N)C1. The van der Waals surface area contributed by atoms with E-state index in [1.165, 1.54) is 0 Å². The van der Waals surface area contributed by atoms with Crippen LogP contribution in [0.25, 0.3) is 0 Å². The monoisotopic (exact) mass is 407 g/mol. The third kappa shape index (κ3) is 4.05. The summed E-state index contributed by atoms with van der Waals surface area (Å²) in [4.78, 5) is 22.9. The summed E-state index contributed by atoms with van der Waals surface area (Å²) in [6, 6.07) is 4.17. The quantitative estimate of drug-likeness (QED) is 0.749. The van der Waals surface area contributed by atoms with E-state index in [1.807, 2.05) is 16.8 Å². The second kappa shape index (κ2) is 8.02. The van der Waals surface area contributed by atoms with Crippen LogP contribution in [0.2, 0.25) is 0 Å². The summed E-state index contributed by atoms with van der Waals surface area (Å²) in [6.45, 7) is 4.03. The molecule has 0 radical (unpaired) electrons. The lowest BCUT2D eigenvalue weighted by Crippen LogP contribution is -2.54. The maximum atomic E-state index is 12.7. The highest BCUT2D eigenvalue weighted by Crippen LogP contribution is 2.25. The van der Waals surface area contributed by atoms with Crippen LogP contribution in [0.1, 0.15) is 18.4 Å². The fraction of sp³-hybridized carbons (Fsp3) is 0.588. The van der Waals surface area contributed by atoms with Crippen LogP contribution in [0.4, 0.5) is 10.6 Å². The number of amides is 2. The highest BCUT2D eigenvalue weighted by molar-refractivity contribution is 9.10. The predicted octanol–water partition coefficient (Wildman–Crippen LogP) is 2.07. The van der Waals surface area contributed by atoms with Crippen LogP contribution in [0.3, 0.4) is 0 Å². The molecule has 0 N–H and O–H groups in total. The van der Waals surface area contributed by atoms with Crippen LogP contribution in [-0.2, 0) is 4.74 Å². The van der Waals surface area contributed by atoms with Crippen LogP contribution in [0, 0.1) is 11.3 Å². The van der Waals surface area contributed by atoms with Gasteiger partial charge in [0.1, 0.15) is 11.9 Å². The molecular formula is C17H22BrN5O2. The van der Waals surface area contributed by atoms with Crippen molar-refractivity contribution in [2.24, 2.45) is 0 Å². The smallest absolute Gasteiger partial charge is 0.320 e. The van der Waals surface area contributed by atoms with Gasteiger partial charge in [-0.25, -0.2) is 9.78 Å². The number of carbonyl (C=O) groups excluding carboxylic acids is 1. The number of halogens is 1. The van der Waals surface area contributed by atoms with Gasteiger partial charge >= 0.3 is 6.03 Å². The van der Waals surface area contributed by atoms with Gasteiger partial charge in [-0.2, -0.15) is 5.26 Å². The van der Waals surface area contributed by atoms with Crippen LogP contribution in [-0.4, -0.2) is 73.3 Å². The number of rotatable bonds is 2. The van der Waals surface area contributed by atoms with E-state index >= 15 is 0 Å². The van der Waals surface area contributed by atoms with Gasteiger partial charge in [-0.1, -0.05) is 0 Å². The largest absolute Gasteiger partial charge is 0.378 e. The van der Waals surface area contributed by atoms with Crippen molar-refractivity contribution in [2.75, 3.05) is 51.3 Å². The van der Waals surface area contributed by atoms with Crippen molar-refractivity contribution in [2.45, 2.75) is 18.9 Å². The van der Waals surface area contributed by atoms with E-state index in [9.17, 15) is 10.1 Å². The second-order valence-electron chi connectivity index (χ2n) is 6.37. The number of morpholine rings is 1. The lowest BCUT2D eigenvalue weighted by atomic mass is 10.0. The van der Waals surface area contributed by atoms with Gasteiger partial charge in [0.2, 0.25) is 0 Å². The van der Waals surface area contributed by atoms with Gasteiger partial charge in [-0.05, 0) is 34.8 Å². The number of aromatic nitrogens is 1. The molecule has 0 bridgehead atoms. The molecule has 2 saturated heterocycles. The average molecular weight is 408 g/mol. The zero-order valence-electron chi connectivity index (χ0n) is 14.3. The van der Waals surface area contributed by atoms with Gasteiger partial charge in [0, 0.05) is 43.9 Å². The Morgan fingerprint density at radius 3 is 2.92 bits per heavy atom. The molecule has 0 aliphatic carbocycles. The number of urea groups is 1. The Morgan fingerprint density at radius 1 is 1.44 bits per heavy atom. The summed E-state index contributed by atoms with van der Waals surface area (Å²) in [7, 11) is 1.87. The molecule has 1 unspecified atom stereocenters. The predicted molar refractivity (Wildman–Crippen MR) is 97.4 cm³/mol. The third-order valence-corrected chi connectivity index (χ3v) is 5.21. The van der Waals surface area contributed by atoms with Gasteiger partial charge in [-0.3, -0.25) is 0 Å². The number of pyridine rings is 1. The first-order chi connectivity index (χ1) is 12.1. The zero-order chi connectivity index (χ0) is 17.8. The first-order valence-corrected chi connectivity index (χ1v) is 9.29. The van der Waals surface area contributed by atoms with Crippen LogP contribution in [0.15, 0.2) is 16.7 Å². The molecule has 3 rings (SSSR count). The van der Waals surface area contributed by atoms with Crippen molar-refractivity contribution in [3.63, 3.8) is 0 Å². The summed E-state index contributed by atoms with van der Waals surface area (Å²) < 4.78 is 6.11. The molecule has 8 heteroatoms. The van der Waals surface area contributed by atoms with Crippen molar-refractivity contribution in [1.29, 1.82) is 5.26 Å². The highest BCUT2D eigenvalue weighted by atomic mass is 79.9. The lowest BCUT2D eigenvalue weighted by molar-refractivity contribution is 0.0414. The number of nitrogens with zero attached hydrogens (tertiary/aromatic N) is 5. The Labute approximate surface area is 156 Å². The minimum absolute atomic E-state index is 0.0550. The van der Waals surface area contributed by atoms with E-state index in [0.29, 0.717) is 44.2 Å². The van der Waals surface area contributed by atoms with Gasteiger partial charge in [0.15, 0.2) is 0 Å². The molecule has 0 saturated carbocycles. The maximum Gasteiger partial charge on any atom is 0.320 e. The molecule has 1 aromatic heterocycles. The summed E-state index contributed by atoms with van der Waals surface area (Å²) in [5.41, 5.74) is 0.553. The topological polar surface area (TPSA) is 72.7 Å².